The highest BCUT2D eigenvalue weighted by atomic mass is 16.3. The summed E-state index contributed by atoms with van der Waals surface area (Å²) >= 11 is 0. The largest absolute Gasteiger partial charge is 0.388 e. The van der Waals surface area contributed by atoms with E-state index < -0.39 is 6.10 Å². The van der Waals surface area contributed by atoms with Gasteiger partial charge in [-0.1, -0.05) is 13.0 Å². The molecule has 0 radical (unpaired) electrons. The fraction of sp³-hybridized carbons (Fsp3) is 0.615. The van der Waals surface area contributed by atoms with E-state index in [1.54, 1.807) is 0 Å². The van der Waals surface area contributed by atoms with E-state index in [0.29, 0.717) is 6.42 Å². The zero-order chi connectivity index (χ0) is 12.3. The Hall–Kier alpha value is -1.09. The van der Waals surface area contributed by atoms with E-state index >= 15 is 0 Å². The van der Waals surface area contributed by atoms with E-state index in [9.17, 15) is 5.11 Å². The Labute approximate surface area is 97.9 Å². The molecule has 3 nitrogen and oxygen atoms in total. The van der Waals surface area contributed by atoms with Crippen molar-refractivity contribution in [2.75, 3.05) is 5.32 Å². The molecule has 16 heavy (non-hydrogen) atoms. The number of pyridine rings is 1. The van der Waals surface area contributed by atoms with Crippen molar-refractivity contribution in [2.24, 2.45) is 0 Å². The van der Waals surface area contributed by atoms with Crippen LogP contribution in [0.4, 0.5) is 5.82 Å². The second kappa shape index (κ2) is 4.83. The third-order valence-electron chi connectivity index (χ3n) is 2.38. The zero-order valence-corrected chi connectivity index (χ0v) is 10.8. The van der Waals surface area contributed by atoms with Gasteiger partial charge in [0.05, 0.1) is 6.10 Å². The molecule has 0 saturated carbocycles. The number of hydrogen-bond acceptors (Lipinski definition) is 3. The highest BCUT2D eigenvalue weighted by Gasteiger charge is 2.13. The molecule has 1 atom stereocenters. The Balaban J connectivity index is 2.91. The average molecular weight is 222 g/mol. The number of aliphatic hydroxyl groups excluding tert-OH is 1. The molecule has 0 aliphatic heterocycles. The molecule has 1 aromatic heterocycles. The van der Waals surface area contributed by atoms with Crippen molar-refractivity contribution in [3.8, 4) is 0 Å². The van der Waals surface area contributed by atoms with Crippen LogP contribution in [0.1, 0.15) is 51.5 Å². The van der Waals surface area contributed by atoms with Gasteiger partial charge in [-0.25, -0.2) is 4.98 Å². The molecule has 0 spiro atoms. The number of rotatable bonds is 3. The SMILES string of the molecule is CCC(O)c1ccc(NC(C)(C)C)nc1C. The van der Waals surface area contributed by atoms with Gasteiger partial charge in [0.15, 0.2) is 0 Å². The van der Waals surface area contributed by atoms with Crippen molar-refractivity contribution in [1.29, 1.82) is 0 Å². The molecule has 0 saturated heterocycles. The number of aromatic nitrogens is 1. The summed E-state index contributed by atoms with van der Waals surface area (Å²) in [7, 11) is 0. The molecular formula is C13H22N2O. The maximum Gasteiger partial charge on any atom is 0.126 e. The Bertz CT molecular complexity index is 355. The lowest BCUT2D eigenvalue weighted by atomic mass is 10.1. The Kier molecular flexibility index (Phi) is 3.92. The molecule has 0 aromatic carbocycles. The fourth-order valence-corrected chi connectivity index (χ4v) is 1.60. The molecule has 1 aromatic rings. The minimum Gasteiger partial charge on any atom is -0.388 e. The van der Waals surface area contributed by atoms with Crippen molar-refractivity contribution in [3.05, 3.63) is 23.4 Å². The molecule has 1 heterocycles. The zero-order valence-electron chi connectivity index (χ0n) is 10.8. The molecule has 2 N–H and O–H groups in total. The van der Waals surface area contributed by atoms with Crippen LogP contribution in [0.5, 0.6) is 0 Å². The summed E-state index contributed by atoms with van der Waals surface area (Å²) in [5.41, 5.74) is 1.81. The van der Waals surface area contributed by atoms with Gasteiger partial charge in [0, 0.05) is 16.8 Å². The predicted molar refractivity (Wildman–Crippen MR) is 67.6 cm³/mol. The van der Waals surface area contributed by atoms with Crippen LogP contribution in [0.3, 0.4) is 0 Å². The molecule has 3 heteroatoms. The number of hydrogen-bond donors (Lipinski definition) is 2. The van der Waals surface area contributed by atoms with Crippen molar-refractivity contribution in [1.82, 2.24) is 4.98 Å². The van der Waals surface area contributed by atoms with Crippen LogP contribution in [0.2, 0.25) is 0 Å². The number of aliphatic hydroxyl groups is 1. The van der Waals surface area contributed by atoms with E-state index in [-0.39, 0.29) is 5.54 Å². The van der Waals surface area contributed by atoms with Gasteiger partial charge in [-0.05, 0) is 40.2 Å². The lowest BCUT2D eigenvalue weighted by Crippen LogP contribution is -2.26. The van der Waals surface area contributed by atoms with E-state index in [1.165, 1.54) is 0 Å². The van der Waals surface area contributed by atoms with Crippen molar-refractivity contribution >= 4 is 5.82 Å². The molecule has 0 aliphatic rings. The first-order chi connectivity index (χ1) is 7.33. The van der Waals surface area contributed by atoms with Gasteiger partial charge in [-0.3, -0.25) is 0 Å². The molecule has 0 aliphatic carbocycles. The summed E-state index contributed by atoms with van der Waals surface area (Å²) in [4.78, 5) is 4.46. The van der Waals surface area contributed by atoms with Gasteiger partial charge in [-0.15, -0.1) is 0 Å². The topological polar surface area (TPSA) is 45.1 Å². The van der Waals surface area contributed by atoms with Gasteiger partial charge in [0.1, 0.15) is 5.82 Å². The molecule has 0 amide bonds. The lowest BCUT2D eigenvalue weighted by molar-refractivity contribution is 0.172. The van der Waals surface area contributed by atoms with Gasteiger partial charge in [0.25, 0.3) is 0 Å². The number of nitrogens with one attached hydrogen (secondary N) is 1. The van der Waals surface area contributed by atoms with E-state index in [2.05, 4.69) is 31.1 Å². The van der Waals surface area contributed by atoms with Crippen LogP contribution in [-0.2, 0) is 0 Å². The second-order valence-electron chi connectivity index (χ2n) is 5.17. The van der Waals surface area contributed by atoms with Crippen molar-refractivity contribution in [2.45, 2.75) is 52.7 Å². The van der Waals surface area contributed by atoms with Crippen LogP contribution in [0.25, 0.3) is 0 Å². The summed E-state index contributed by atoms with van der Waals surface area (Å²) in [6.45, 7) is 10.2. The average Bonchev–Trinajstić information content (AvgIpc) is 2.14. The van der Waals surface area contributed by atoms with Crippen LogP contribution >= 0.6 is 0 Å². The van der Waals surface area contributed by atoms with Crippen molar-refractivity contribution < 1.29 is 5.11 Å². The van der Waals surface area contributed by atoms with Gasteiger partial charge in [0.2, 0.25) is 0 Å². The third kappa shape index (κ3) is 3.49. The number of aryl methyl sites for hydroxylation is 1. The predicted octanol–water partition coefficient (Wildman–Crippen LogP) is 3.04. The van der Waals surface area contributed by atoms with Gasteiger partial charge in [-0.2, -0.15) is 0 Å². The monoisotopic (exact) mass is 222 g/mol. The van der Waals surface area contributed by atoms with E-state index in [1.807, 2.05) is 26.0 Å². The first-order valence-electron chi connectivity index (χ1n) is 5.77. The van der Waals surface area contributed by atoms with Crippen LogP contribution in [0, 0.1) is 6.92 Å². The summed E-state index contributed by atoms with van der Waals surface area (Å²) in [6, 6.07) is 3.87. The first-order valence-corrected chi connectivity index (χ1v) is 5.77. The second-order valence-corrected chi connectivity index (χ2v) is 5.17. The van der Waals surface area contributed by atoms with E-state index in [4.69, 9.17) is 0 Å². The molecule has 1 unspecified atom stereocenters. The Morgan fingerprint density at radius 3 is 2.44 bits per heavy atom. The normalized spacial score (nSPS) is 13.6. The fourth-order valence-electron chi connectivity index (χ4n) is 1.60. The minimum absolute atomic E-state index is 0.00429. The maximum absolute atomic E-state index is 9.77. The maximum atomic E-state index is 9.77. The van der Waals surface area contributed by atoms with Gasteiger partial charge >= 0.3 is 0 Å². The lowest BCUT2D eigenvalue weighted by Gasteiger charge is -2.22. The van der Waals surface area contributed by atoms with E-state index in [0.717, 1.165) is 17.1 Å². The summed E-state index contributed by atoms with van der Waals surface area (Å²) in [6.07, 6.45) is 0.311. The highest BCUT2D eigenvalue weighted by Crippen LogP contribution is 2.21. The molecular weight excluding hydrogens is 200 g/mol. The molecule has 0 bridgehead atoms. The van der Waals surface area contributed by atoms with Gasteiger partial charge < -0.3 is 10.4 Å². The Morgan fingerprint density at radius 2 is 2.00 bits per heavy atom. The molecule has 90 valence electrons. The quantitative estimate of drug-likeness (QED) is 0.826. The summed E-state index contributed by atoms with van der Waals surface area (Å²) in [5, 5.41) is 13.1. The summed E-state index contributed by atoms with van der Waals surface area (Å²) < 4.78 is 0. The number of anilines is 1. The molecule has 0 fully saturated rings. The number of nitrogens with zero attached hydrogens (tertiary/aromatic N) is 1. The third-order valence-corrected chi connectivity index (χ3v) is 2.38. The smallest absolute Gasteiger partial charge is 0.126 e. The van der Waals surface area contributed by atoms with Crippen LogP contribution < -0.4 is 5.32 Å². The van der Waals surface area contributed by atoms with Crippen LogP contribution in [-0.4, -0.2) is 15.6 Å². The minimum atomic E-state index is -0.406. The first kappa shape index (κ1) is 13.0. The standard InChI is InChI=1S/C13H22N2O/c1-6-11(16)10-7-8-12(14-9(10)2)15-13(3,4)5/h7-8,11,16H,6H2,1-5H3,(H,14,15). The van der Waals surface area contributed by atoms with Crippen LogP contribution in [0.15, 0.2) is 12.1 Å². The van der Waals surface area contributed by atoms with Crippen molar-refractivity contribution in [3.63, 3.8) is 0 Å². The summed E-state index contributed by atoms with van der Waals surface area (Å²) in [5.74, 6) is 0.858. The Morgan fingerprint density at radius 1 is 1.38 bits per heavy atom. The molecule has 1 rings (SSSR count). The highest BCUT2D eigenvalue weighted by molar-refractivity contribution is 5.41.